The standard InChI is InChI=1S/C10H15NOS/c1-4-5-8-6(2)9(7(3)12)10(11)13-8/h4-5,11H2,1-3H3. The summed E-state index contributed by atoms with van der Waals surface area (Å²) < 4.78 is 0. The third-order valence-electron chi connectivity index (χ3n) is 2.10. The molecule has 0 saturated carbocycles. The van der Waals surface area contributed by atoms with E-state index in [1.807, 2.05) is 6.92 Å². The van der Waals surface area contributed by atoms with Crippen molar-refractivity contribution in [3.63, 3.8) is 0 Å². The minimum Gasteiger partial charge on any atom is -0.390 e. The average molecular weight is 197 g/mol. The number of thiophene rings is 1. The number of aryl methyl sites for hydroxylation is 1. The Bertz CT molecular complexity index is 328. The number of nitrogen functional groups attached to an aromatic ring is 1. The Kier molecular flexibility index (Phi) is 3.09. The highest BCUT2D eigenvalue weighted by Crippen LogP contribution is 2.31. The van der Waals surface area contributed by atoms with Crippen LogP contribution in [0.5, 0.6) is 0 Å². The Labute approximate surface area is 82.8 Å². The predicted octanol–water partition coefficient (Wildman–Crippen LogP) is 2.79. The van der Waals surface area contributed by atoms with Crippen LogP contribution in [0, 0.1) is 6.92 Å². The molecule has 1 heterocycles. The molecule has 0 aliphatic heterocycles. The van der Waals surface area contributed by atoms with Crippen molar-refractivity contribution in [1.82, 2.24) is 0 Å². The lowest BCUT2D eigenvalue weighted by Crippen LogP contribution is -1.97. The van der Waals surface area contributed by atoms with Crippen molar-refractivity contribution in [2.75, 3.05) is 5.73 Å². The Hall–Kier alpha value is -0.830. The topological polar surface area (TPSA) is 43.1 Å². The maximum atomic E-state index is 11.2. The number of anilines is 1. The van der Waals surface area contributed by atoms with Crippen molar-refractivity contribution in [3.8, 4) is 0 Å². The van der Waals surface area contributed by atoms with E-state index in [0.29, 0.717) is 5.00 Å². The quantitative estimate of drug-likeness (QED) is 0.757. The molecular weight excluding hydrogens is 182 g/mol. The fourth-order valence-corrected chi connectivity index (χ4v) is 2.71. The molecule has 0 aromatic carbocycles. The summed E-state index contributed by atoms with van der Waals surface area (Å²) in [6.07, 6.45) is 2.12. The number of carbonyl (C=O) groups excluding carboxylic acids is 1. The summed E-state index contributed by atoms with van der Waals surface area (Å²) in [7, 11) is 0. The second-order valence-electron chi connectivity index (χ2n) is 3.20. The minimum atomic E-state index is 0.0774. The Morgan fingerprint density at radius 2 is 2.15 bits per heavy atom. The minimum absolute atomic E-state index is 0.0774. The third-order valence-corrected chi connectivity index (χ3v) is 3.28. The van der Waals surface area contributed by atoms with Crippen LogP contribution in [-0.4, -0.2) is 5.78 Å². The first-order valence-electron chi connectivity index (χ1n) is 4.46. The molecule has 13 heavy (non-hydrogen) atoms. The summed E-state index contributed by atoms with van der Waals surface area (Å²) in [5, 5.41) is 0.674. The van der Waals surface area contributed by atoms with Gasteiger partial charge in [0.05, 0.1) is 10.6 Å². The van der Waals surface area contributed by atoms with Gasteiger partial charge >= 0.3 is 0 Å². The lowest BCUT2D eigenvalue weighted by Gasteiger charge is -1.97. The van der Waals surface area contributed by atoms with Gasteiger partial charge in [-0.2, -0.15) is 0 Å². The highest BCUT2D eigenvalue weighted by Gasteiger charge is 2.15. The second-order valence-corrected chi connectivity index (χ2v) is 4.33. The highest BCUT2D eigenvalue weighted by atomic mass is 32.1. The van der Waals surface area contributed by atoms with Gasteiger partial charge in [-0.15, -0.1) is 11.3 Å². The van der Waals surface area contributed by atoms with Gasteiger partial charge in [0.25, 0.3) is 0 Å². The fraction of sp³-hybridized carbons (Fsp3) is 0.500. The summed E-state index contributed by atoms with van der Waals surface area (Å²) in [6.45, 7) is 5.68. The van der Waals surface area contributed by atoms with Crippen molar-refractivity contribution in [3.05, 3.63) is 16.0 Å². The van der Waals surface area contributed by atoms with Gasteiger partial charge in [-0.3, -0.25) is 4.79 Å². The van der Waals surface area contributed by atoms with Crippen LogP contribution >= 0.6 is 11.3 Å². The van der Waals surface area contributed by atoms with Gasteiger partial charge in [-0.25, -0.2) is 0 Å². The molecule has 72 valence electrons. The molecule has 0 saturated heterocycles. The molecule has 0 amide bonds. The van der Waals surface area contributed by atoms with Crippen LogP contribution in [0.15, 0.2) is 0 Å². The van der Waals surface area contributed by atoms with E-state index in [-0.39, 0.29) is 5.78 Å². The largest absolute Gasteiger partial charge is 0.390 e. The molecule has 0 unspecified atom stereocenters. The van der Waals surface area contributed by atoms with Crippen LogP contribution < -0.4 is 5.73 Å². The molecule has 0 spiro atoms. The molecule has 0 aliphatic carbocycles. The van der Waals surface area contributed by atoms with E-state index in [9.17, 15) is 4.79 Å². The zero-order valence-corrected chi connectivity index (χ0v) is 9.12. The Balaban J connectivity index is 3.14. The zero-order valence-electron chi connectivity index (χ0n) is 8.31. The SMILES string of the molecule is CCCc1sc(N)c(C(C)=O)c1C. The monoisotopic (exact) mass is 197 g/mol. The number of rotatable bonds is 3. The molecule has 2 nitrogen and oxygen atoms in total. The summed E-state index contributed by atoms with van der Waals surface area (Å²) >= 11 is 1.55. The molecule has 1 aromatic rings. The molecule has 0 radical (unpaired) electrons. The second kappa shape index (κ2) is 3.92. The molecule has 1 aromatic heterocycles. The van der Waals surface area contributed by atoms with E-state index in [1.165, 1.54) is 4.88 Å². The molecule has 0 bridgehead atoms. The first-order chi connectivity index (χ1) is 6.07. The van der Waals surface area contributed by atoms with Crippen LogP contribution in [0.4, 0.5) is 5.00 Å². The van der Waals surface area contributed by atoms with Crippen molar-refractivity contribution < 1.29 is 4.79 Å². The van der Waals surface area contributed by atoms with Gasteiger partial charge in [0.1, 0.15) is 0 Å². The number of nitrogens with two attached hydrogens (primary N) is 1. The lowest BCUT2D eigenvalue weighted by molar-refractivity contribution is 0.101. The first kappa shape index (κ1) is 10.3. The van der Waals surface area contributed by atoms with E-state index in [2.05, 4.69) is 6.92 Å². The van der Waals surface area contributed by atoms with Crippen molar-refractivity contribution in [2.45, 2.75) is 33.6 Å². The van der Waals surface area contributed by atoms with Crippen LogP contribution in [-0.2, 0) is 6.42 Å². The van der Waals surface area contributed by atoms with E-state index in [0.717, 1.165) is 24.0 Å². The Morgan fingerprint density at radius 3 is 2.54 bits per heavy atom. The summed E-state index contributed by atoms with van der Waals surface area (Å²) in [4.78, 5) is 12.5. The molecule has 3 heteroatoms. The van der Waals surface area contributed by atoms with Gasteiger partial charge < -0.3 is 5.73 Å². The number of carbonyl (C=O) groups is 1. The van der Waals surface area contributed by atoms with Crippen molar-refractivity contribution in [1.29, 1.82) is 0 Å². The van der Waals surface area contributed by atoms with Gasteiger partial charge in [0, 0.05) is 4.88 Å². The lowest BCUT2D eigenvalue weighted by atomic mass is 10.1. The zero-order chi connectivity index (χ0) is 10.0. The maximum absolute atomic E-state index is 11.2. The fourth-order valence-electron chi connectivity index (χ4n) is 1.49. The van der Waals surface area contributed by atoms with Gasteiger partial charge in [0.2, 0.25) is 0 Å². The number of hydrogen-bond donors (Lipinski definition) is 1. The first-order valence-corrected chi connectivity index (χ1v) is 5.28. The summed E-state index contributed by atoms with van der Waals surface area (Å²) in [5.74, 6) is 0.0774. The van der Waals surface area contributed by atoms with Crippen molar-refractivity contribution in [2.24, 2.45) is 0 Å². The van der Waals surface area contributed by atoms with Gasteiger partial charge in [-0.1, -0.05) is 13.3 Å². The number of Topliss-reactive ketones (excluding diaryl/α,β-unsaturated/α-hetero) is 1. The van der Waals surface area contributed by atoms with Gasteiger partial charge in [0.15, 0.2) is 5.78 Å². The smallest absolute Gasteiger partial charge is 0.163 e. The van der Waals surface area contributed by atoms with Crippen LogP contribution in [0.2, 0.25) is 0 Å². The normalized spacial score (nSPS) is 10.4. The molecule has 0 aliphatic rings. The summed E-state index contributed by atoms with van der Waals surface area (Å²) in [5.41, 5.74) is 7.58. The van der Waals surface area contributed by atoms with Gasteiger partial charge in [-0.05, 0) is 25.8 Å². The molecule has 0 atom stereocenters. The molecular formula is C10H15NOS. The van der Waals surface area contributed by atoms with E-state index >= 15 is 0 Å². The number of ketones is 1. The highest BCUT2D eigenvalue weighted by molar-refractivity contribution is 7.16. The number of hydrogen-bond acceptors (Lipinski definition) is 3. The Morgan fingerprint density at radius 1 is 1.54 bits per heavy atom. The predicted molar refractivity (Wildman–Crippen MR) is 57.5 cm³/mol. The van der Waals surface area contributed by atoms with E-state index < -0.39 is 0 Å². The van der Waals surface area contributed by atoms with Crippen LogP contribution in [0.25, 0.3) is 0 Å². The van der Waals surface area contributed by atoms with E-state index in [4.69, 9.17) is 5.73 Å². The van der Waals surface area contributed by atoms with E-state index in [1.54, 1.807) is 18.3 Å². The molecule has 0 fully saturated rings. The molecule has 2 N–H and O–H groups in total. The average Bonchev–Trinajstić information content (AvgIpc) is 2.28. The van der Waals surface area contributed by atoms with Crippen LogP contribution in [0.1, 0.15) is 41.1 Å². The summed E-state index contributed by atoms with van der Waals surface area (Å²) in [6, 6.07) is 0. The third kappa shape index (κ3) is 1.91. The maximum Gasteiger partial charge on any atom is 0.163 e. The van der Waals surface area contributed by atoms with Crippen LogP contribution in [0.3, 0.4) is 0 Å². The van der Waals surface area contributed by atoms with Crippen molar-refractivity contribution >= 4 is 22.1 Å². The molecule has 1 rings (SSSR count).